The molecule has 0 saturated carbocycles. The highest BCUT2D eigenvalue weighted by Crippen LogP contribution is 2.41. The molecule has 4 aliphatic rings. The molecule has 0 aromatic heterocycles. The topological polar surface area (TPSA) is 338 Å². The maximum Gasteiger partial charge on any atom is 0.330 e. The van der Waals surface area contributed by atoms with Crippen molar-refractivity contribution >= 4 is 29.7 Å². The third-order valence-electron chi connectivity index (χ3n) is 9.40. The number of carboxylic acid groups (broad SMARTS) is 1. The first kappa shape index (κ1) is 43.3. The lowest BCUT2D eigenvalue weighted by Gasteiger charge is -2.41. The van der Waals surface area contributed by atoms with Crippen LogP contribution >= 0.6 is 0 Å². The Hall–Kier alpha value is -6.33. The molecule has 322 valence electrons. The molecule has 3 heterocycles. The van der Waals surface area contributed by atoms with E-state index in [0.29, 0.717) is 5.56 Å². The Labute approximate surface area is 338 Å². The first-order valence-electron chi connectivity index (χ1n) is 18.0. The second-order valence-corrected chi connectivity index (χ2v) is 13.7. The van der Waals surface area contributed by atoms with Gasteiger partial charge >= 0.3 is 17.9 Å². The molecular weight excluding hydrogens is 804 g/mol. The maximum absolute atomic E-state index is 12.5. The number of rotatable bonds is 13. The van der Waals surface area contributed by atoms with E-state index >= 15 is 0 Å². The lowest BCUT2D eigenvalue weighted by molar-refractivity contribution is -0.291. The summed E-state index contributed by atoms with van der Waals surface area (Å²) in [6.45, 7) is -1.32. The number of hydrogen-bond donors (Lipinski definition) is 11. The van der Waals surface area contributed by atoms with Gasteiger partial charge in [-0.05, 0) is 48.0 Å². The van der Waals surface area contributed by atoms with Gasteiger partial charge < -0.3 is 89.3 Å². The Bertz CT molecular complexity index is 2120. The Balaban J connectivity index is 1.23. The van der Waals surface area contributed by atoms with Gasteiger partial charge in [-0.1, -0.05) is 6.07 Å². The van der Waals surface area contributed by atoms with Gasteiger partial charge in [0, 0.05) is 35.8 Å². The molecule has 2 aromatic rings. The number of fused-ring (bicyclic) bond motifs is 1. The van der Waals surface area contributed by atoms with Gasteiger partial charge in [-0.3, -0.25) is 9.59 Å². The number of ether oxygens (including phenoxy) is 7. The number of benzene rings is 2. The summed E-state index contributed by atoms with van der Waals surface area (Å²) in [5.41, 5.74) is 0.551. The summed E-state index contributed by atoms with van der Waals surface area (Å²) in [6, 6.07) is 7.47. The number of carbonyl (C=O) groups excluding carboxylic acids is 2. The number of carboxylic acids is 1. The van der Waals surface area contributed by atoms with Crippen molar-refractivity contribution in [2.24, 2.45) is 0 Å². The van der Waals surface area contributed by atoms with Gasteiger partial charge in [-0.15, -0.1) is 0 Å². The molecule has 0 spiro atoms. The molecular formula is C39H40O21. The monoisotopic (exact) mass is 844 g/mol. The van der Waals surface area contributed by atoms with Crippen LogP contribution in [0.2, 0.25) is 0 Å². The van der Waals surface area contributed by atoms with Crippen molar-refractivity contribution in [3.63, 3.8) is 0 Å². The van der Waals surface area contributed by atoms with Crippen LogP contribution in [0, 0.1) is 0 Å². The number of allylic oxidation sites excluding steroid dienone is 2. The number of hydrogen-bond acceptors (Lipinski definition) is 20. The third-order valence-corrected chi connectivity index (χ3v) is 9.40. The van der Waals surface area contributed by atoms with Gasteiger partial charge in [0.05, 0.1) is 6.10 Å². The second kappa shape index (κ2) is 18.3. The predicted octanol–water partition coefficient (Wildman–Crippen LogP) is -0.206. The quantitative estimate of drug-likeness (QED) is 0.0538. The minimum absolute atomic E-state index is 0.0750. The molecule has 1 aliphatic carbocycles. The molecule has 11 N–H and O–H groups in total. The fourth-order valence-corrected chi connectivity index (χ4v) is 6.28. The average Bonchev–Trinajstić information content (AvgIpc) is 3.19. The van der Waals surface area contributed by atoms with Crippen LogP contribution in [-0.2, 0) is 47.5 Å². The van der Waals surface area contributed by atoms with Crippen molar-refractivity contribution in [3.05, 3.63) is 94.7 Å². The SMILES string of the molecule is O=C(O)CC(=O)OC[C@@H]1O[C@H](OC2=CC(O)=CC3OC(c4ccc(O)c(O)c4)=C(O[C@H]4C[C@H](O)[C@H](O)[C@H](COC(=O)/C=C/c5ccc(O)c(O)c5)O4)C=C23)[C@H](O)[C@H](O)[C@H]1O. The molecule has 60 heavy (non-hydrogen) atoms. The average molecular weight is 845 g/mol. The minimum Gasteiger partial charge on any atom is -0.508 e. The van der Waals surface area contributed by atoms with Crippen LogP contribution in [0.1, 0.15) is 24.0 Å². The molecule has 21 nitrogen and oxygen atoms in total. The predicted molar refractivity (Wildman–Crippen MR) is 196 cm³/mol. The van der Waals surface area contributed by atoms with Crippen molar-refractivity contribution in [3.8, 4) is 23.0 Å². The van der Waals surface area contributed by atoms with Crippen LogP contribution in [-0.4, -0.2) is 149 Å². The summed E-state index contributed by atoms with van der Waals surface area (Å²) in [4.78, 5) is 35.2. The van der Waals surface area contributed by atoms with E-state index in [9.17, 15) is 65.4 Å². The van der Waals surface area contributed by atoms with Crippen LogP contribution in [0.25, 0.3) is 11.8 Å². The van der Waals surface area contributed by atoms with Gasteiger partial charge in [0.25, 0.3) is 0 Å². The van der Waals surface area contributed by atoms with E-state index in [-0.39, 0.29) is 40.6 Å². The molecule has 10 atom stereocenters. The smallest absolute Gasteiger partial charge is 0.330 e. The molecule has 0 bridgehead atoms. The van der Waals surface area contributed by atoms with Crippen LogP contribution in [0.3, 0.4) is 0 Å². The summed E-state index contributed by atoms with van der Waals surface area (Å²) < 4.78 is 39.7. The Morgan fingerprint density at radius 3 is 2.13 bits per heavy atom. The molecule has 2 saturated heterocycles. The number of aromatic hydroxyl groups is 4. The molecule has 21 heteroatoms. The summed E-state index contributed by atoms with van der Waals surface area (Å²) >= 11 is 0. The minimum atomic E-state index is -1.93. The number of aliphatic carboxylic acids is 1. The first-order valence-corrected chi connectivity index (χ1v) is 18.0. The maximum atomic E-state index is 12.5. The fourth-order valence-electron chi connectivity index (χ4n) is 6.28. The zero-order valence-corrected chi connectivity index (χ0v) is 31.0. The van der Waals surface area contributed by atoms with Crippen LogP contribution in [0.5, 0.6) is 23.0 Å². The van der Waals surface area contributed by atoms with Crippen LogP contribution in [0.15, 0.2) is 83.6 Å². The van der Waals surface area contributed by atoms with E-state index in [1.165, 1.54) is 42.5 Å². The Morgan fingerprint density at radius 2 is 1.43 bits per heavy atom. The van der Waals surface area contributed by atoms with Crippen molar-refractivity contribution in [2.45, 2.75) is 74.3 Å². The fraction of sp³-hybridized carbons (Fsp3) is 0.359. The van der Waals surface area contributed by atoms with E-state index in [4.69, 9.17) is 38.3 Å². The summed E-state index contributed by atoms with van der Waals surface area (Å²) in [5.74, 6) is -6.32. The van der Waals surface area contributed by atoms with Crippen molar-refractivity contribution in [1.82, 2.24) is 0 Å². The Kier molecular flexibility index (Phi) is 13.2. The van der Waals surface area contributed by atoms with Crippen LogP contribution in [0.4, 0.5) is 0 Å². The van der Waals surface area contributed by atoms with Gasteiger partial charge in [0.15, 0.2) is 34.5 Å². The number of phenolic OH excluding ortho intramolecular Hbond substituents is 4. The lowest BCUT2D eigenvalue weighted by Crippen LogP contribution is -2.59. The lowest BCUT2D eigenvalue weighted by atomic mass is 9.96. The molecule has 2 aromatic carbocycles. The zero-order chi connectivity index (χ0) is 43.4. The first-order chi connectivity index (χ1) is 28.5. The summed E-state index contributed by atoms with van der Waals surface area (Å²) in [7, 11) is 0. The van der Waals surface area contributed by atoms with E-state index in [1.807, 2.05) is 0 Å². The van der Waals surface area contributed by atoms with E-state index in [2.05, 4.69) is 0 Å². The number of carbonyl (C=O) groups is 3. The number of aliphatic hydroxyl groups is 6. The summed E-state index contributed by atoms with van der Waals surface area (Å²) in [5, 5.41) is 112. The van der Waals surface area contributed by atoms with Gasteiger partial charge in [-0.2, -0.15) is 0 Å². The summed E-state index contributed by atoms with van der Waals surface area (Å²) in [6.07, 6.45) is -11.4. The van der Waals surface area contributed by atoms with Gasteiger partial charge in [0.2, 0.25) is 12.6 Å². The molecule has 3 aliphatic heterocycles. The number of esters is 2. The van der Waals surface area contributed by atoms with E-state index in [1.54, 1.807) is 0 Å². The Morgan fingerprint density at radius 1 is 0.750 bits per heavy atom. The second-order valence-electron chi connectivity index (χ2n) is 13.7. The number of phenols is 4. The van der Waals surface area contributed by atoms with E-state index < -0.39 is 122 Å². The molecule has 0 amide bonds. The number of aliphatic hydroxyl groups excluding tert-OH is 6. The highest BCUT2D eigenvalue weighted by Gasteiger charge is 2.47. The van der Waals surface area contributed by atoms with Crippen molar-refractivity contribution < 1.29 is 104 Å². The zero-order valence-electron chi connectivity index (χ0n) is 31.0. The third kappa shape index (κ3) is 10.1. The van der Waals surface area contributed by atoms with Crippen molar-refractivity contribution in [1.29, 1.82) is 0 Å². The van der Waals surface area contributed by atoms with E-state index in [0.717, 1.165) is 24.3 Å². The molecule has 6 rings (SSSR count). The van der Waals surface area contributed by atoms with Gasteiger partial charge in [0.1, 0.15) is 73.9 Å². The standard InChI is InChI=1S/C39H40O21/c40-18-9-25-19(26(10-18)59-39-37(53)36(52)35(51)29(60-39)15-55-32(49)13-30(46)47)11-27(38(58-25)17-3-5-21(42)23(44)8-17)56-33-12-24(45)34(50)28(57-33)14-54-31(48)6-2-16-1-4-20(41)22(43)7-16/h1-11,24-25,28-29,33-37,39-45,50-53H,12-15H2,(H,46,47)/b6-2+/t24-,25?,28-,29-,33+,34-,35-,36+,37+,39-/m0/s1. The highest BCUT2D eigenvalue weighted by atomic mass is 16.7. The normalized spacial score (nSPS) is 29.0. The largest absolute Gasteiger partial charge is 0.508 e. The molecule has 0 radical (unpaired) electrons. The molecule has 1 unspecified atom stereocenters. The molecule has 2 fully saturated rings. The van der Waals surface area contributed by atoms with Crippen molar-refractivity contribution in [2.75, 3.05) is 13.2 Å². The highest BCUT2D eigenvalue weighted by molar-refractivity contribution is 5.90. The van der Waals surface area contributed by atoms with Crippen LogP contribution < -0.4 is 0 Å². The van der Waals surface area contributed by atoms with Gasteiger partial charge in [-0.25, -0.2) is 4.79 Å².